The Bertz CT molecular complexity index is 1770. The number of nitrogens with one attached hydrogen (secondary N) is 2. The van der Waals surface area contributed by atoms with Gasteiger partial charge in [-0.05, 0) is 98.4 Å². The fourth-order valence-corrected chi connectivity index (χ4v) is 6.59. The van der Waals surface area contributed by atoms with E-state index in [2.05, 4.69) is 10.6 Å². The van der Waals surface area contributed by atoms with E-state index >= 15 is 0 Å². The van der Waals surface area contributed by atoms with Gasteiger partial charge in [0.15, 0.2) is 11.6 Å². The largest absolute Gasteiger partial charge is 0.373 e. The fraction of sp³-hybridized carbons (Fsp3) is 0.368. The maximum Gasteiger partial charge on any atom is 0.167 e. The molecule has 0 bridgehead atoms. The second-order valence-corrected chi connectivity index (χ2v) is 12.6. The van der Waals surface area contributed by atoms with E-state index in [4.69, 9.17) is 9.47 Å². The number of halogens is 8. The first-order chi connectivity index (χ1) is 23.9. The monoisotopic (exact) mass is 706 g/mol. The van der Waals surface area contributed by atoms with Gasteiger partial charge in [0.1, 0.15) is 34.9 Å². The van der Waals surface area contributed by atoms with E-state index in [0.717, 1.165) is 40.9 Å². The number of ether oxygens (including phenoxy) is 2. The molecule has 4 aromatic carbocycles. The van der Waals surface area contributed by atoms with Crippen LogP contribution in [0.4, 0.5) is 35.1 Å². The summed E-state index contributed by atoms with van der Waals surface area (Å²) < 4.78 is 120. The zero-order chi connectivity index (χ0) is 35.9. The standard InChI is InChI=1S/2C19H19F4NO/c1-11-6-12(20)2-3-14(11)15-9-24-5-4-19(15)25-10-16-17(22)7-13(21)8-18(16)23;1-11-8-12(20)2-3-13(11)14-9-24-7-6-18(14)25-10-15-16(21)4-5-17(22)19(15)23/h2-3,6-8,15,19,24H,4-5,9-10H2,1H3;2-5,8,14,18,24H,6-7,9-10H2,1H3. The van der Waals surface area contributed by atoms with Crippen molar-refractivity contribution in [1.82, 2.24) is 10.6 Å². The molecule has 12 heteroatoms. The number of piperidine rings is 2. The summed E-state index contributed by atoms with van der Waals surface area (Å²) in [4.78, 5) is 0. The summed E-state index contributed by atoms with van der Waals surface area (Å²) in [5, 5.41) is 6.52. The van der Waals surface area contributed by atoms with Crippen molar-refractivity contribution in [2.75, 3.05) is 26.2 Å². The first kappa shape index (κ1) is 37.4. The lowest BCUT2D eigenvalue weighted by atomic mass is 9.86. The summed E-state index contributed by atoms with van der Waals surface area (Å²) in [7, 11) is 0. The Morgan fingerprint density at radius 3 is 1.48 bits per heavy atom. The van der Waals surface area contributed by atoms with Crippen molar-refractivity contribution in [1.29, 1.82) is 0 Å². The SMILES string of the molecule is Cc1cc(F)ccc1C1CNCCC1OCc1c(F)cc(F)cc1F.Cc1cc(F)ccc1C1CNCCC1OCc1c(F)ccc(F)c1F. The lowest BCUT2D eigenvalue weighted by molar-refractivity contribution is 0.00401. The van der Waals surface area contributed by atoms with Gasteiger partial charge in [0, 0.05) is 42.6 Å². The van der Waals surface area contributed by atoms with Crippen LogP contribution in [-0.4, -0.2) is 38.4 Å². The zero-order valence-electron chi connectivity index (χ0n) is 27.6. The lowest BCUT2D eigenvalue weighted by Crippen LogP contribution is -2.40. The van der Waals surface area contributed by atoms with Crippen LogP contribution < -0.4 is 10.6 Å². The normalized spacial score (nSPS) is 20.7. The quantitative estimate of drug-likeness (QED) is 0.143. The van der Waals surface area contributed by atoms with Crippen molar-refractivity contribution in [2.45, 2.75) is 63.9 Å². The van der Waals surface area contributed by atoms with Crippen LogP contribution in [0.3, 0.4) is 0 Å². The minimum absolute atomic E-state index is 0.0547. The van der Waals surface area contributed by atoms with E-state index in [-0.39, 0.29) is 54.5 Å². The molecular formula is C38H38F8N2O2. The van der Waals surface area contributed by atoms with Gasteiger partial charge in [-0.2, -0.15) is 0 Å². The van der Waals surface area contributed by atoms with Crippen LogP contribution >= 0.6 is 0 Å². The Balaban J connectivity index is 0.000000194. The molecule has 2 N–H and O–H groups in total. The molecule has 0 aromatic heterocycles. The molecule has 0 aliphatic carbocycles. The van der Waals surface area contributed by atoms with Crippen molar-refractivity contribution in [3.63, 3.8) is 0 Å². The molecule has 2 fully saturated rings. The molecule has 0 radical (unpaired) electrons. The number of hydrogen-bond acceptors (Lipinski definition) is 4. The van der Waals surface area contributed by atoms with Crippen molar-refractivity contribution >= 4 is 0 Å². The van der Waals surface area contributed by atoms with Crippen molar-refractivity contribution in [3.8, 4) is 0 Å². The summed E-state index contributed by atoms with van der Waals surface area (Å²) >= 11 is 0. The van der Waals surface area contributed by atoms with Crippen molar-refractivity contribution in [2.24, 2.45) is 0 Å². The molecule has 6 rings (SSSR count). The number of rotatable bonds is 8. The first-order valence-electron chi connectivity index (χ1n) is 16.4. The van der Waals surface area contributed by atoms with Crippen LogP contribution in [0.15, 0.2) is 60.7 Å². The van der Waals surface area contributed by atoms with Gasteiger partial charge in [0.05, 0.1) is 31.0 Å². The van der Waals surface area contributed by atoms with Gasteiger partial charge in [0.25, 0.3) is 0 Å². The second kappa shape index (κ2) is 16.9. The molecule has 0 saturated carbocycles. The van der Waals surface area contributed by atoms with Gasteiger partial charge in [-0.25, -0.2) is 35.1 Å². The Kier molecular flexibility index (Phi) is 12.7. The highest BCUT2D eigenvalue weighted by molar-refractivity contribution is 5.33. The van der Waals surface area contributed by atoms with E-state index in [0.29, 0.717) is 44.6 Å². The molecular weight excluding hydrogens is 668 g/mol. The third kappa shape index (κ3) is 9.08. The lowest BCUT2D eigenvalue weighted by Gasteiger charge is -2.33. The predicted octanol–water partition coefficient (Wildman–Crippen LogP) is 8.43. The van der Waals surface area contributed by atoms with Crippen LogP contribution in [0.1, 0.15) is 58.1 Å². The average molecular weight is 707 g/mol. The zero-order valence-corrected chi connectivity index (χ0v) is 27.6. The molecule has 2 saturated heterocycles. The maximum atomic E-state index is 13.8. The third-order valence-electron chi connectivity index (χ3n) is 9.23. The molecule has 2 aliphatic rings. The molecule has 2 heterocycles. The summed E-state index contributed by atoms with van der Waals surface area (Å²) in [6, 6.07) is 12.1. The van der Waals surface area contributed by atoms with Gasteiger partial charge in [0.2, 0.25) is 0 Å². The second-order valence-electron chi connectivity index (χ2n) is 12.6. The van der Waals surface area contributed by atoms with E-state index in [1.807, 2.05) is 13.8 Å². The summed E-state index contributed by atoms with van der Waals surface area (Å²) in [5.41, 5.74) is 2.78. The predicted molar refractivity (Wildman–Crippen MR) is 173 cm³/mol. The maximum absolute atomic E-state index is 13.8. The first-order valence-corrected chi connectivity index (χ1v) is 16.4. The summed E-state index contributed by atoms with van der Waals surface area (Å²) in [6.07, 6.45) is 0.730. The van der Waals surface area contributed by atoms with E-state index in [1.165, 1.54) is 24.3 Å². The minimum Gasteiger partial charge on any atom is -0.373 e. The van der Waals surface area contributed by atoms with Crippen LogP contribution in [-0.2, 0) is 22.7 Å². The molecule has 268 valence electrons. The van der Waals surface area contributed by atoms with Crippen LogP contribution in [0, 0.1) is 60.4 Å². The molecule has 4 nitrogen and oxygen atoms in total. The highest BCUT2D eigenvalue weighted by atomic mass is 19.2. The van der Waals surface area contributed by atoms with Gasteiger partial charge in [-0.3, -0.25) is 0 Å². The summed E-state index contributed by atoms with van der Waals surface area (Å²) in [6.45, 7) is 5.68. The molecule has 4 atom stereocenters. The molecule has 2 aliphatic heterocycles. The van der Waals surface area contributed by atoms with E-state index < -0.39 is 40.5 Å². The van der Waals surface area contributed by atoms with Crippen LogP contribution in [0.2, 0.25) is 0 Å². The van der Waals surface area contributed by atoms with Crippen molar-refractivity contribution in [3.05, 3.63) is 141 Å². The molecule has 0 amide bonds. The Labute approximate surface area is 285 Å². The van der Waals surface area contributed by atoms with Gasteiger partial charge in [-0.1, -0.05) is 12.1 Å². The molecule has 4 unspecified atom stereocenters. The van der Waals surface area contributed by atoms with Crippen LogP contribution in [0.5, 0.6) is 0 Å². The Morgan fingerprint density at radius 2 is 1.00 bits per heavy atom. The van der Waals surface area contributed by atoms with E-state index in [1.54, 1.807) is 12.1 Å². The smallest absolute Gasteiger partial charge is 0.167 e. The Hall–Kier alpha value is -3.84. The number of benzene rings is 4. The van der Waals surface area contributed by atoms with Crippen molar-refractivity contribution < 1.29 is 44.6 Å². The van der Waals surface area contributed by atoms with Gasteiger partial charge < -0.3 is 20.1 Å². The number of aryl methyl sites for hydroxylation is 2. The van der Waals surface area contributed by atoms with E-state index in [9.17, 15) is 35.1 Å². The fourth-order valence-electron chi connectivity index (χ4n) is 6.59. The third-order valence-corrected chi connectivity index (χ3v) is 9.23. The highest BCUT2D eigenvalue weighted by Gasteiger charge is 2.30. The topological polar surface area (TPSA) is 42.5 Å². The molecule has 0 spiro atoms. The highest BCUT2D eigenvalue weighted by Crippen LogP contribution is 2.32. The molecule has 50 heavy (non-hydrogen) atoms. The average Bonchev–Trinajstić information content (AvgIpc) is 3.07. The van der Waals surface area contributed by atoms with Crippen LogP contribution in [0.25, 0.3) is 0 Å². The summed E-state index contributed by atoms with van der Waals surface area (Å²) in [5.74, 6) is -6.77. The van der Waals surface area contributed by atoms with Gasteiger partial charge >= 0.3 is 0 Å². The number of hydrogen-bond donors (Lipinski definition) is 2. The minimum atomic E-state index is -1.22. The molecule has 4 aromatic rings. The van der Waals surface area contributed by atoms with Gasteiger partial charge in [-0.15, -0.1) is 0 Å². The Morgan fingerprint density at radius 1 is 0.540 bits per heavy atom.